The molecule has 3 aliphatic rings. The van der Waals surface area contributed by atoms with Crippen LogP contribution in [0.2, 0.25) is 0 Å². The van der Waals surface area contributed by atoms with Gasteiger partial charge in [0.05, 0.1) is 0 Å². The summed E-state index contributed by atoms with van der Waals surface area (Å²) in [5, 5.41) is 0. The summed E-state index contributed by atoms with van der Waals surface area (Å²) in [5.74, 6) is 3.67. The van der Waals surface area contributed by atoms with E-state index in [-0.39, 0.29) is 0 Å². The van der Waals surface area contributed by atoms with E-state index in [0.29, 0.717) is 0 Å². The van der Waals surface area contributed by atoms with Gasteiger partial charge >= 0.3 is 0 Å². The molecule has 0 amide bonds. The number of nitrogens with two attached hydrogens (primary N) is 1. The maximum atomic E-state index is 5.95. The molecule has 1 saturated heterocycles. The third-order valence-corrected chi connectivity index (χ3v) is 4.90. The van der Waals surface area contributed by atoms with Gasteiger partial charge in [0, 0.05) is 19.6 Å². The first-order valence-corrected chi connectivity index (χ1v) is 7.39. The lowest BCUT2D eigenvalue weighted by Crippen LogP contribution is -2.46. The topological polar surface area (TPSA) is 41.6 Å². The minimum Gasteiger partial charge on any atom is -0.370 e. The van der Waals surface area contributed by atoms with Gasteiger partial charge in [0.15, 0.2) is 5.96 Å². The van der Waals surface area contributed by atoms with Crippen LogP contribution in [0.25, 0.3) is 0 Å². The molecular weight excluding hydrogens is 210 g/mol. The Morgan fingerprint density at radius 3 is 2.53 bits per heavy atom. The fraction of sp³-hybridized carbons (Fsp3) is 0.929. The molecule has 0 aromatic rings. The van der Waals surface area contributed by atoms with Crippen LogP contribution in [0.5, 0.6) is 0 Å². The van der Waals surface area contributed by atoms with Crippen molar-refractivity contribution >= 4 is 5.96 Å². The highest BCUT2D eigenvalue weighted by molar-refractivity contribution is 5.78. The maximum Gasteiger partial charge on any atom is 0.191 e. The SMILES string of the molecule is NC(=NC[C@@H]1C[C@H]1C1CCCCC1)N1CCC1. The molecule has 3 fully saturated rings. The molecule has 0 spiro atoms. The number of guanidine groups is 1. The molecule has 96 valence electrons. The lowest BCUT2D eigenvalue weighted by Gasteiger charge is -2.31. The van der Waals surface area contributed by atoms with Crippen LogP contribution in [0.3, 0.4) is 0 Å². The first-order valence-electron chi connectivity index (χ1n) is 7.39. The van der Waals surface area contributed by atoms with Crippen molar-refractivity contribution in [2.75, 3.05) is 19.6 Å². The second kappa shape index (κ2) is 4.87. The van der Waals surface area contributed by atoms with Crippen LogP contribution >= 0.6 is 0 Å². The quantitative estimate of drug-likeness (QED) is 0.602. The highest BCUT2D eigenvalue weighted by Crippen LogP contribution is 2.49. The highest BCUT2D eigenvalue weighted by Gasteiger charge is 2.42. The van der Waals surface area contributed by atoms with Gasteiger partial charge in [-0.05, 0) is 30.6 Å². The summed E-state index contributed by atoms with van der Waals surface area (Å²) >= 11 is 0. The number of hydrogen-bond acceptors (Lipinski definition) is 1. The van der Waals surface area contributed by atoms with E-state index < -0.39 is 0 Å². The average molecular weight is 235 g/mol. The molecule has 1 heterocycles. The molecule has 0 radical (unpaired) electrons. The van der Waals surface area contributed by atoms with Gasteiger partial charge in [-0.15, -0.1) is 0 Å². The van der Waals surface area contributed by atoms with E-state index in [9.17, 15) is 0 Å². The van der Waals surface area contributed by atoms with Gasteiger partial charge in [-0.2, -0.15) is 0 Å². The summed E-state index contributed by atoms with van der Waals surface area (Å²) in [5.41, 5.74) is 5.95. The molecule has 17 heavy (non-hydrogen) atoms. The van der Waals surface area contributed by atoms with Crippen molar-refractivity contribution in [2.45, 2.75) is 44.9 Å². The summed E-state index contributed by atoms with van der Waals surface area (Å²) in [6.45, 7) is 3.22. The Morgan fingerprint density at radius 2 is 1.88 bits per heavy atom. The second-order valence-corrected chi connectivity index (χ2v) is 6.10. The van der Waals surface area contributed by atoms with Gasteiger partial charge in [-0.3, -0.25) is 4.99 Å². The van der Waals surface area contributed by atoms with E-state index in [1.807, 2.05) is 0 Å². The second-order valence-electron chi connectivity index (χ2n) is 6.10. The summed E-state index contributed by atoms with van der Waals surface area (Å²) in [6.07, 6.45) is 10.1. The summed E-state index contributed by atoms with van der Waals surface area (Å²) in [4.78, 5) is 6.77. The molecule has 2 atom stereocenters. The van der Waals surface area contributed by atoms with Gasteiger partial charge < -0.3 is 10.6 Å². The van der Waals surface area contributed by atoms with Crippen LogP contribution in [0.15, 0.2) is 4.99 Å². The lowest BCUT2D eigenvalue weighted by atomic mass is 9.85. The van der Waals surface area contributed by atoms with Crippen molar-refractivity contribution in [1.29, 1.82) is 0 Å². The van der Waals surface area contributed by atoms with E-state index >= 15 is 0 Å². The first kappa shape index (κ1) is 11.4. The molecule has 3 rings (SSSR count). The molecule has 2 aliphatic carbocycles. The number of rotatable bonds is 3. The van der Waals surface area contributed by atoms with E-state index in [2.05, 4.69) is 9.89 Å². The Bertz CT molecular complexity index is 290. The van der Waals surface area contributed by atoms with Crippen LogP contribution in [-0.2, 0) is 0 Å². The van der Waals surface area contributed by atoms with E-state index in [4.69, 9.17) is 5.73 Å². The molecule has 3 nitrogen and oxygen atoms in total. The number of nitrogens with zero attached hydrogens (tertiary/aromatic N) is 2. The molecule has 0 aromatic carbocycles. The molecule has 1 aliphatic heterocycles. The van der Waals surface area contributed by atoms with Crippen molar-refractivity contribution in [1.82, 2.24) is 4.90 Å². The van der Waals surface area contributed by atoms with Crippen molar-refractivity contribution in [3.8, 4) is 0 Å². The van der Waals surface area contributed by atoms with Crippen molar-refractivity contribution < 1.29 is 0 Å². The minimum absolute atomic E-state index is 0.797. The Morgan fingerprint density at radius 1 is 1.12 bits per heavy atom. The maximum absolute atomic E-state index is 5.95. The molecule has 0 unspecified atom stereocenters. The number of aliphatic imine (C=N–C) groups is 1. The predicted molar refractivity (Wildman–Crippen MR) is 70.9 cm³/mol. The minimum atomic E-state index is 0.797. The molecule has 2 saturated carbocycles. The van der Waals surface area contributed by atoms with Gasteiger partial charge in [0.1, 0.15) is 0 Å². The zero-order chi connectivity index (χ0) is 11.7. The summed E-state index contributed by atoms with van der Waals surface area (Å²) in [7, 11) is 0. The molecular formula is C14H25N3. The van der Waals surface area contributed by atoms with Crippen molar-refractivity contribution in [3.05, 3.63) is 0 Å². The molecule has 0 bridgehead atoms. The lowest BCUT2D eigenvalue weighted by molar-refractivity contribution is 0.294. The average Bonchev–Trinajstić information content (AvgIpc) is 3.05. The van der Waals surface area contributed by atoms with Crippen LogP contribution in [-0.4, -0.2) is 30.5 Å². The summed E-state index contributed by atoms with van der Waals surface area (Å²) in [6, 6.07) is 0. The standard InChI is InChI=1S/C14H25N3/c15-14(17-7-4-8-17)16-10-12-9-13(12)11-5-2-1-3-6-11/h11-13H,1-10H2,(H2,15,16)/t12-,13-/m0/s1. The van der Waals surface area contributed by atoms with Crippen LogP contribution < -0.4 is 5.73 Å². The highest BCUT2D eigenvalue weighted by atomic mass is 15.3. The first-order chi connectivity index (χ1) is 8.34. The Labute approximate surface area is 104 Å². The normalized spacial score (nSPS) is 34.6. The van der Waals surface area contributed by atoms with Gasteiger partial charge in [-0.1, -0.05) is 32.1 Å². The fourth-order valence-electron chi connectivity index (χ4n) is 3.48. The van der Waals surface area contributed by atoms with E-state index in [1.165, 1.54) is 44.9 Å². The molecule has 2 N–H and O–H groups in total. The van der Waals surface area contributed by atoms with Gasteiger partial charge in [0.2, 0.25) is 0 Å². The number of likely N-dealkylation sites (tertiary alicyclic amines) is 1. The zero-order valence-electron chi connectivity index (χ0n) is 10.8. The van der Waals surface area contributed by atoms with E-state index in [0.717, 1.165) is 43.3 Å². The molecule has 0 aromatic heterocycles. The zero-order valence-corrected chi connectivity index (χ0v) is 10.8. The monoisotopic (exact) mass is 235 g/mol. The van der Waals surface area contributed by atoms with Crippen LogP contribution in [0.1, 0.15) is 44.9 Å². The number of hydrogen-bond donors (Lipinski definition) is 1. The third-order valence-electron chi connectivity index (χ3n) is 4.90. The predicted octanol–water partition coefficient (Wildman–Crippen LogP) is 2.22. The van der Waals surface area contributed by atoms with Crippen molar-refractivity contribution in [3.63, 3.8) is 0 Å². The van der Waals surface area contributed by atoms with E-state index in [1.54, 1.807) is 0 Å². The Kier molecular flexibility index (Phi) is 3.26. The van der Waals surface area contributed by atoms with Gasteiger partial charge in [0.25, 0.3) is 0 Å². The Hall–Kier alpha value is -0.730. The fourth-order valence-corrected chi connectivity index (χ4v) is 3.48. The largest absolute Gasteiger partial charge is 0.370 e. The van der Waals surface area contributed by atoms with Crippen LogP contribution in [0.4, 0.5) is 0 Å². The smallest absolute Gasteiger partial charge is 0.191 e. The van der Waals surface area contributed by atoms with Crippen molar-refractivity contribution in [2.24, 2.45) is 28.5 Å². The van der Waals surface area contributed by atoms with Gasteiger partial charge in [-0.25, -0.2) is 0 Å². The molecule has 3 heteroatoms. The Balaban J connectivity index is 1.42. The summed E-state index contributed by atoms with van der Waals surface area (Å²) < 4.78 is 0. The third kappa shape index (κ3) is 2.58. The van der Waals surface area contributed by atoms with Crippen LogP contribution in [0, 0.1) is 17.8 Å².